The number of nitrogens with one attached hydrogen (secondary N) is 1. The van der Waals surface area contributed by atoms with E-state index in [2.05, 4.69) is 31.1 Å². The van der Waals surface area contributed by atoms with Crippen molar-refractivity contribution in [3.63, 3.8) is 0 Å². The van der Waals surface area contributed by atoms with Crippen molar-refractivity contribution in [2.24, 2.45) is 0 Å². The molecule has 1 unspecified atom stereocenters. The predicted octanol–water partition coefficient (Wildman–Crippen LogP) is 5.11. The van der Waals surface area contributed by atoms with Gasteiger partial charge in [-0.1, -0.05) is 52.4 Å². The highest BCUT2D eigenvalue weighted by Gasteiger charge is 2.08. The zero-order valence-corrected chi connectivity index (χ0v) is 13.7. The lowest BCUT2D eigenvalue weighted by molar-refractivity contribution is 0.523. The summed E-state index contributed by atoms with van der Waals surface area (Å²) in [6.45, 7) is 7.80. The van der Waals surface area contributed by atoms with Crippen molar-refractivity contribution in [2.75, 3.05) is 6.54 Å². The van der Waals surface area contributed by atoms with Gasteiger partial charge in [-0.3, -0.25) is 0 Å². The minimum Gasteiger partial charge on any atom is -0.308 e. The highest BCUT2D eigenvalue weighted by Crippen LogP contribution is 2.20. The third-order valence-corrected chi connectivity index (χ3v) is 4.85. The zero-order chi connectivity index (χ0) is 13.9. The normalized spacial score (nSPS) is 12.8. The summed E-state index contributed by atoms with van der Waals surface area (Å²) in [5.74, 6) is 0. The number of aryl methyl sites for hydroxylation is 1. The Labute approximate surface area is 123 Å². The van der Waals surface area contributed by atoms with Crippen LogP contribution in [0.15, 0.2) is 6.20 Å². The average Bonchev–Trinajstić information content (AvgIpc) is 2.90. The lowest BCUT2D eigenvalue weighted by Gasteiger charge is -2.10. The molecule has 0 bridgehead atoms. The number of hydrogen-bond acceptors (Lipinski definition) is 3. The summed E-state index contributed by atoms with van der Waals surface area (Å²) in [7, 11) is 0. The SMILES string of the molecule is CCCCCCCCCNC(C)c1ncc(CC)s1. The Morgan fingerprint density at radius 1 is 1.11 bits per heavy atom. The number of aromatic nitrogens is 1. The number of rotatable bonds is 11. The van der Waals surface area contributed by atoms with Crippen molar-refractivity contribution in [1.82, 2.24) is 10.3 Å². The summed E-state index contributed by atoms with van der Waals surface area (Å²) in [5, 5.41) is 4.82. The van der Waals surface area contributed by atoms with E-state index in [1.54, 1.807) is 0 Å². The molecule has 1 rings (SSSR count). The molecule has 0 aliphatic heterocycles. The van der Waals surface area contributed by atoms with E-state index in [1.165, 1.54) is 54.8 Å². The van der Waals surface area contributed by atoms with Crippen molar-refractivity contribution in [3.05, 3.63) is 16.1 Å². The highest BCUT2D eigenvalue weighted by molar-refractivity contribution is 7.11. The maximum Gasteiger partial charge on any atom is 0.109 e. The van der Waals surface area contributed by atoms with E-state index in [1.807, 2.05) is 17.5 Å². The van der Waals surface area contributed by atoms with E-state index >= 15 is 0 Å². The van der Waals surface area contributed by atoms with Crippen LogP contribution in [0, 0.1) is 0 Å². The molecule has 3 heteroatoms. The van der Waals surface area contributed by atoms with Gasteiger partial charge in [-0.25, -0.2) is 4.98 Å². The minimum atomic E-state index is 0.408. The molecule has 0 saturated carbocycles. The fourth-order valence-electron chi connectivity index (χ4n) is 2.17. The van der Waals surface area contributed by atoms with Crippen molar-refractivity contribution in [2.45, 2.75) is 78.2 Å². The Balaban J connectivity index is 2.02. The second-order valence-corrected chi connectivity index (χ2v) is 6.46. The topological polar surface area (TPSA) is 24.9 Å². The van der Waals surface area contributed by atoms with E-state index < -0.39 is 0 Å². The van der Waals surface area contributed by atoms with E-state index in [0.29, 0.717) is 6.04 Å². The largest absolute Gasteiger partial charge is 0.308 e. The molecule has 19 heavy (non-hydrogen) atoms. The van der Waals surface area contributed by atoms with Crippen LogP contribution in [0.4, 0.5) is 0 Å². The van der Waals surface area contributed by atoms with Gasteiger partial charge < -0.3 is 5.32 Å². The molecule has 2 nitrogen and oxygen atoms in total. The smallest absolute Gasteiger partial charge is 0.109 e. The summed E-state index contributed by atoms with van der Waals surface area (Å²) in [4.78, 5) is 5.88. The van der Waals surface area contributed by atoms with Gasteiger partial charge in [-0.05, 0) is 26.3 Å². The minimum absolute atomic E-state index is 0.408. The van der Waals surface area contributed by atoms with Crippen molar-refractivity contribution in [1.29, 1.82) is 0 Å². The molecular weight excluding hydrogens is 252 g/mol. The van der Waals surface area contributed by atoms with Gasteiger partial charge in [0.1, 0.15) is 5.01 Å². The monoisotopic (exact) mass is 282 g/mol. The first-order chi connectivity index (χ1) is 9.27. The maximum absolute atomic E-state index is 4.49. The van der Waals surface area contributed by atoms with Gasteiger partial charge in [-0.15, -0.1) is 11.3 Å². The second kappa shape index (κ2) is 10.4. The van der Waals surface area contributed by atoms with Crippen LogP contribution < -0.4 is 5.32 Å². The lowest BCUT2D eigenvalue weighted by atomic mass is 10.1. The Kier molecular flexibility index (Phi) is 9.10. The van der Waals surface area contributed by atoms with Crippen molar-refractivity contribution in [3.8, 4) is 0 Å². The summed E-state index contributed by atoms with van der Waals surface area (Å²) in [6.07, 6.45) is 12.7. The summed E-state index contributed by atoms with van der Waals surface area (Å²) >= 11 is 1.84. The molecule has 0 radical (unpaired) electrons. The molecule has 1 atom stereocenters. The summed E-state index contributed by atoms with van der Waals surface area (Å²) in [6, 6.07) is 0.408. The highest BCUT2D eigenvalue weighted by atomic mass is 32.1. The lowest BCUT2D eigenvalue weighted by Crippen LogP contribution is -2.19. The molecule has 0 saturated heterocycles. The molecule has 0 fully saturated rings. The Morgan fingerprint density at radius 3 is 2.42 bits per heavy atom. The number of hydrogen-bond donors (Lipinski definition) is 1. The van der Waals surface area contributed by atoms with Gasteiger partial charge in [-0.2, -0.15) is 0 Å². The number of unbranched alkanes of at least 4 members (excludes halogenated alkanes) is 6. The Hall–Kier alpha value is -0.410. The molecular formula is C16H30N2S. The number of nitrogens with zero attached hydrogens (tertiary/aromatic N) is 1. The molecule has 1 N–H and O–H groups in total. The molecule has 110 valence electrons. The van der Waals surface area contributed by atoms with Gasteiger partial charge in [0.2, 0.25) is 0 Å². The maximum atomic E-state index is 4.49. The van der Waals surface area contributed by atoms with Crippen LogP contribution in [0.3, 0.4) is 0 Å². The molecule has 0 spiro atoms. The van der Waals surface area contributed by atoms with Gasteiger partial charge in [0, 0.05) is 11.1 Å². The Bertz CT molecular complexity index is 322. The van der Waals surface area contributed by atoms with E-state index in [4.69, 9.17) is 0 Å². The van der Waals surface area contributed by atoms with E-state index in [0.717, 1.165) is 13.0 Å². The molecule has 1 heterocycles. The summed E-state index contributed by atoms with van der Waals surface area (Å²) < 4.78 is 0. The van der Waals surface area contributed by atoms with E-state index in [9.17, 15) is 0 Å². The fourth-order valence-corrected chi connectivity index (χ4v) is 3.06. The van der Waals surface area contributed by atoms with Crippen LogP contribution in [-0.4, -0.2) is 11.5 Å². The van der Waals surface area contributed by atoms with Crippen molar-refractivity contribution >= 4 is 11.3 Å². The standard InChI is InChI=1S/C16H30N2S/c1-4-6-7-8-9-10-11-12-17-14(3)16-18-13-15(5-2)19-16/h13-14,17H,4-12H2,1-3H3. The van der Waals surface area contributed by atoms with E-state index in [-0.39, 0.29) is 0 Å². The van der Waals surface area contributed by atoms with Crippen LogP contribution in [0.5, 0.6) is 0 Å². The van der Waals surface area contributed by atoms with Gasteiger partial charge >= 0.3 is 0 Å². The molecule has 0 aromatic carbocycles. The summed E-state index contributed by atoms with van der Waals surface area (Å²) in [5.41, 5.74) is 0. The third-order valence-electron chi connectivity index (χ3n) is 3.52. The molecule has 1 aromatic heterocycles. The van der Waals surface area contributed by atoms with Crippen molar-refractivity contribution < 1.29 is 0 Å². The second-order valence-electron chi connectivity index (χ2n) is 5.32. The van der Waals surface area contributed by atoms with Crippen LogP contribution in [-0.2, 0) is 6.42 Å². The average molecular weight is 282 g/mol. The molecule has 0 aliphatic carbocycles. The molecule has 0 amide bonds. The molecule has 0 aliphatic rings. The van der Waals surface area contributed by atoms with Gasteiger partial charge in [0.05, 0.1) is 6.04 Å². The van der Waals surface area contributed by atoms with Crippen LogP contribution >= 0.6 is 11.3 Å². The van der Waals surface area contributed by atoms with Crippen LogP contribution in [0.25, 0.3) is 0 Å². The fraction of sp³-hybridized carbons (Fsp3) is 0.812. The van der Waals surface area contributed by atoms with Gasteiger partial charge in [0.25, 0.3) is 0 Å². The first-order valence-electron chi connectivity index (χ1n) is 7.95. The first-order valence-corrected chi connectivity index (χ1v) is 8.77. The number of thiazole rings is 1. The molecule has 1 aromatic rings. The quantitative estimate of drug-likeness (QED) is 0.571. The predicted molar refractivity (Wildman–Crippen MR) is 85.9 cm³/mol. The third kappa shape index (κ3) is 7.07. The van der Waals surface area contributed by atoms with Gasteiger partial charge in [0.15, 0.2) is 0 Å². The first kappa shape index (κ1) is 16.6. The van der Waals surface area contributed by atoms with Crippen LogP contribution in [0.1, 0.15) is 81.6 Å². The Morgan fingerprint density at radius 2 is 1.79 bits per heavy atom. The zero-order valence-electron chi connectivity index (χ0n) is 12.9. The van der Waals surface area contributed by atoms with Crippen LogP contribution in [0.2, 0.25) is 0 Å².